The van der Waals surface area contributed by atoms with Gasteiger partial charge >= 0.3 is 11.9 Å². The lowest BCUT2D eigenvalue weighted by Gasteiger charge is -2.26. The topological polar surface area (TPSA) is 101 Å². The molecule has 0 fully saturated rings. The van der Waals surface area contributed by atoms with Gasteiger partial charge in [-0.1, -0.05) is 29.0 Å². The van der Waals surface area contributed by atoms with Crippen LogP contribution in [0.4, 0.5) is 0 Å². The molecular formula is C34H34ClN3O6S. The number of allylic oxidation sites excluding steroid dienone is 1. The highest BCUT2D eigenvalue weighted by Gasteiger charge is 2.35. The monoisotopic (exact) mass is 647 g/mol. The Kier molecular flexibility index (Phi) is 8.91. The molecule has 11 heteroatoms. The fraction of sp³-hybridized carbons (Fsp3) is 0.294. The van der Waals surface area contributed by atoms with E-state index in [1.165, 1.54) is 30.1 Å². The van der Waals surface area contributed by atoms with Crippen LogP contribution in [0.2, 0.25) is 5.02 Å². The van der Waals surface area contributed by atoms with Crippen molar-refractivity contribution in [1.29, 1.82) is 0 Å². The second kappa shape index (κ2) is 12.5. The number of hydrogen-bond donors (Lipinski definition) is 0. The van der Waals surface area contributed by atoms with Crippen LogP contribution in [0.1, 0.15) is 65.2 Å². The lowest BCUT2D eigenvalue weighted by molar-refractivity contribution is -0.143. The Morgan fingerprint density at radius 1 is 1.04 bits per heavy atom. The van der Waals surface area contributed by atoms with Crippen LogP contribution in [0, 0.1) is 20.8 Å². The maximum Gasteiger partial charge on any atom is 0.338 e. The summed E-state index contributed by atoms with van der Waals surface area (Å²) in [5, 5.41) is 0.429. The molecule has 0 spiro atoms. The SMILES string of the molecule is COC(=O)c1cccc(-n2c(C)cc(/C=c3\sc4n(c3=O)[C@@H](c3cc(Cl)ccc3OC)C(C(=O)OC(C)C)=C(C)N=4)c2C)c1C. The summed E-state index contributed by atoms with van der Waals surface area (Å²) in [5.41, 5.74) is 5.64. The molecule has 0 saturated heterocycles. The van der Waals surface area contributed by atoms with E-state index >= 15 is 0 Å². The quantitative estimate of drug-likeness (QED) is 0.251. The summed E-state index contributed by atoms with van der Waals surface area (Å²) >= 11 is 7.66. The average molecular weight is 648 g/mol. The van der Waals surface area contributed by atoms with Gasteiger partial charge < -0.3 is 18.8 Å². The molecule has 1 aliphatic heterocycles. The van der Waals surface area contributed by atoms with E-state index in [-0.39, 0.29) is 17.2 Å². The fourth-order valence-electron chi connectivity index (χ4n) is 5.72. The van der Waals surface area contributed by atoms with E-state index < -0.39 is 18.0 Å². The first-order chi connectivity index (χ1) is 21.4. The number of halogens is 1. The van der Waals surface area contributed by atoms with Crippen LogP contribution in [0.15, 0.2) is 63.5 Å². The highest BCUT2D eigenvalue weighted by Crippen LogP contribution is 2.37. The van der Waals surface area contributed by atoms with E-state index in [2.05, 4.69) is 9.56 Å². The third-order valence-electron chi connectivity index (χ3n) is 7.78. The molecule has 3 heterocycles. The second-order valence-electron chi connectivity index (χ2n) is 11.0. The Morgan fingerprint density at radius 2 is 1.78 bits per heavy atom. The summed E-state index contributed by atoms with van der Waals surface area (Å²) in [6.07, 6.45) is 1.45. The first-order valence-corrected chi connectivity index (χ1v) is 15.5. The summed E-state index contributed by atoms with van der Waals surface area (Å²) < 4.78 is 20.2. The number of methoxy groups -OCH3 is 2. The molecule has 45 heavy (non-hydrogen) atoms. The van der Waals surface area contributed by atoms with Gasteiger partial charge in [0.1, 0.15) is 11.8 Å². The summed E-state index contributed by atoms with van der Waals surface area (Å²) in [4.78, 5) is 45.2. The Bertz CT molecular complexity index is 2070. The number of benzene rings is 2. The number of thiazole rings is 1. The van der Waals surface area contributed by atoms with E-state index in [9.17, 15) is 14.4 Å². The van der Waals surface area contributed by atoms with Gasteiger partial charge in [0.05, 0.1) is 41.7 Å². The first kappa shape index (κ1) is 32.0. The number of hydrogen-bond acceptors (Lipinski definition) is 8. The number of ether oxygens (including phenoxy) is 3. The number of esters is 2. The van der Waals surface area contributed by atoms with Gasteiger partial charge in [-0.05, 0) is 95.1 Å². The van der Waals surface area contributed by atoms with E-state index in [4.69, 9.17) is 25.8 Å². The zero-order valence-corrected chi connectivity index (χ0v) is 27.9. The van der Waals surface area contributed by atoms with Gasteiger partial charge in [-0.3, -0.25) is 9.36 Å². The minimum absolute atomic E-state index is 0.238. The molecule has 4 aromatic rings. The van der Waals surface area contributed by atoms with Gasteiger partial charge in [-0.25, -0.2) is 14.6 Å². The zero-order valence-electron chi connectivity index (χ0n) is 26.4. The van der Waals surface area contributed by atoms with Gasteiger partial charge in [0.2, 0.25) is 0 Å². The Morgan fingerprint density at radius 3 is 2.44 bits per heavy atom. The lowest BCUT2D eigenvalue weighted by atomic mass is 9.95. The van der Waals surface area contributed by atoms with Crippen LogP contribution in [0.5, 0.6) is 5.75 Å². The van der Waals surface area contributed by atoms with Crippen molar-refractivity contribution in [3.05, 3.63) is 112 Å². The summed E-state index contributed by atoms with van der Waals surface area (Å²) in [7, 11) is 2.89. The zero-order chi connectivity index (χ0) is 32.7. The highest BCUT2D eigenvalue weighted by atomic mass is 35.5. The minimum Gasteiger partial charge on any atom is -0.496 e. The molecule has 2 aromatic heterocycles. The summed E-state index contributed by atoms with van der Waals surface area (Å²) in [5.74, 6) is -0.506. The molecule has 0 amide bonds. The van der Waals surface area contributed by atoms with Gasteiger partial charge in [0.25, 0.3) is 5.56 Å². The number of rotatable bonds is 7. The van der Waals surface area contributed by atoms with Crippen molar-refractivity contribution >= 4 is 41.0 Å². The molecule has 9 nitrogen and oxygen atoms in total. The van der Waals surface area contributed by atoms with Crippen molar-refractivity contribution in [1.82, 2.24) is 9.13 Å². The molecule has 0 N–H and O–H groups in total. The van der Waals surface area contributed by atoms with Crippen LogP contribution in [-0.2, 0) is 14.3 Å². The molecule has 0 radical (unpaired) electrons. The molecule has 0 bridgehead atoms. The van der Waals surface area contributed by atoms with Crippen LogP contribution in [0.3, 0.4) is 0 Å². The summed E-state index contributed by atoms with van der Waals surface area (Å²) in [6, 6.07) is 11.7. The molecule has 1 aliphatic rings. The van der Waals surface area contributed by atoms with E-state index in [1.807, 2.05) is 45.0 Å². The lowest BCUT2D eigenvalue weighted by Crippen LogP contribution is -2.40. The van der Waals surface area contributed by atoms with Crippen molar-refractivity contribution in [2.75, 3.05) is 14.2 Å². The van der Waals surface area contributed by atoms with Crippen LogP contribution >= 0.6 is 22.9 Å². The predicted molar refractivity (Wildman–Crippen MR) is 174 cm³/mol. The highest BCUT2D eigenvalue weighted by molar-refractivity contribution is 7.07. The Hall–Kier alpha value is -4.41. The second-order valence-corrected chi connectivity index (χ2v) is 12.5. The molecule has 2 aromatic carbocycles. The standard InChI is InChI=1S/C34H34ClN3O6S/c1-17(2)44-33(41)29-20(5)36-34-38(30(29)25-16-23(35)12-13-27(25)42-7)31(39)28(45-34)15-22-14-18(3)37(21(22)6)26-11-9-10-24(19(26)4)32(40)43-8/h9-17,30H,1-8H3/b28-15-/t30-/m0/s1. The number of carbonyl (C=O) groups excluding carboxylic acids is 2. The largest absolute Gasteiger partial charge is 0.496 e. The van der Waals surface area contributed by atoms with E-state index in [0.717, 1.165) is 28.2 Å². The van der Waals surface area contributed by atoms with E-state index in [0.29, 0.717) is 36.9 Å². The third kappa shape index (κ3) is 5.76. The molecule has 0 aliphatic carbocycles. The first-order valence-electron chi connectivity index (χ1n) is 14.3. The number of carbonyl (C=O) groups is 2. The van der Waals surface area contributed by atoms with Crippen LogP contribution in [-0.4, -0.2) is 41.4 Å². The molecular weight excluding hydrogens is 614 g/mol. The van der Waals surface area contributed by atoms with Crippen LogP contribution in [0.25, 0.3) is 11.8 Å². The van der Waals surface area contributed by atoms with Crippen molar-refractivity contribution < 1.29 is 23.8 Å². The summed E-state index contributed by atoms with van der Waals surface area (Å²) in [6.45, 7) is 11.1. The van der Waals surface area contributed by atoms with Crippen molar-refractivity contribution in [3.8, 4) is 11.4 Å². The van der Waals surface area contributed by atoms with Gasteiger partial charge in [0, 0.05) is 27.7 Å². The van der Waals surface area contributed by atoms with Gasteiger partial charge in [0.15, 0.2) is 4.80 Å². The fourth-order valence-corrected chi connectivity index (χ4v) is 6.93. The van der Waals surface area contributed by atoms with E-state index in [1.54, 1.807) is 45.0 Å². The van der Waals surface area contributed by atoms with Crippen molar-refractivity contribution in [3.63, 3.8) is 0 Å². The number of aromatic nitrogens is 2. The number of fused-ring (bicyclic) bond motifs is 1. The van der Waals surface area contributed by atoms with Gasteiger partial charge in [-0.2, -0.15) is 0 Å². The van der Waals surface area contributed by atoms with Crippen molar-refractivity contribution in [2.45, 2.75) is 53.7 Å². The molecule has 1 atom stereocenters. The Labute approximate surface area is 269 Å². The average Bonchev–Trinajstić information content (AvgIpc) is 3.44. The Balaban J connectivity index is 1.72. The minimum atomic E-state index is -0.876. The maximum absolute atomic E-state index is 14.2. The molecule has 234 valence electrons. The predicted octanol–water partition coefficient (Wildman–Crippen LogP) is 5.35. The number of nitrogens with zero attached hydrogens (tertiary/aromatic N) is 3. The molecule has 0 saturated carbocycles. The van der Waals surface area contributed by atoms with Gasteiger partial charge in [-0.15, -0.1) is 0 Å². The smallest absolute Gasteiger partial charge is 0.338 e. The molecule has 0 unspecified atom stereocenters. The van der Waals surface area contributed by atoms with Crippen LogP contribution < -0.4 is 19.6 Å². The maximum atomic E-state index is 14.2. The molecule has 5 rings (SSSR count). The normalized spacial score (nSPS) is 14.8. The van der Waals surface area contributed by atoms with Crippen molar-refractivity contribution in [2.24, 2.45) is 4.99 Å². The number of aryl methyl sites for hydroxylation is 1. The third-order valence-corrected chi connectivity index (χ3v) is 9.00.